The second kappa shape index (κ2) is 4.96. The van der Waals surface area contributed by atoms with E-state index in [2.05, 4.69) is 19.8 Å². The third kappa shape index (κ3) is 3.48. The number of carbonyl (C=O) groups excluding carboxylic acids is 1. The Bertz CT molecular complexity index is 358. The van der Waals surface area contributed by atoms with Crippen LogP contribution in [0.5, 0.6) is 0 Å². The van der Waals surface area contributed by atoms with Gasteiger partial charge >= 0.3 is 94.8 Å². The molecule has 0 aliphatic heterocycles. The van der Waals surface area contributed by atoms with Crippen LogP contribution in [-0.2, 0) is 4.74 Å². The van der Waals surface area contributed by atoms with Gasteiger partial charge in [-0.3, -0.25) is 0 Å². The molecule has 0 aliphatic carbocycles. The zero-order valence-corrected chi connectivity index (χ0v) is 12.6. The standard InChI is InChI=1S/C8H8NO2.3CH3.Sn/c1-2-11-8(10)7-3-5-9-6-4-7;;;;/h3-5H,2H2,1H3;3*1H3;. The Morgan fingerprint density at radius 1 is 1.47 bits per heavy atom. The molecular formula is C11H17NO2Sn. The summed E-state index contributed by atoms with van der Waals surface area (Å²) in [5, 5.41) is 0. The minimum atomic E-state index is -2.17. The van der Waals surface area contributed by atoms with Crippen LogP contribution in [0, 0.1) is 0 Å². The Balaban J connectivity index is 2.98. The van der Waals surface area contributed by atoms with Crippen molar-refractivity contribution < 1.29 is 9.53 Å². The van der Waals surface area contributed by atoms with Crippen molar-refractivity contribution in [1.82, 2.24) is 4.98 Å². The Kier molecular flexibility index (Phi) is 4.13. The van der Waals surface area contributed by atoms with E-state index in [0.29, 0.717) is 12.2 Å². The van der Waals surface area contributed by atoms with Gasteiger partial charge in [0.2, 0.25) is 0 Å². The summed E-state index contributed by atoms with van der Waals surface area (Å²) in [4.78, 5) is 22.6. The van der Waals surface area contributed by atoms with Crippen LogP contribution >= 0.6 is 0 Å². The molecule has 82 valence electrons. The van der Waals surface area contributed by atoms with E-state index in [1.807, 2.05) is 13.0 Å². The van der Waals surface area contributed by atoms with Gasteiger partial charge in [-0.25, -0.2) is 0 Å². The molecule has 15 heavy (non-hydrogen) atoms. The number of aromatic nitrogens is 1. The minimum absolute atomic E-state index is 0.253. The molecule has 0 saturated heterocycles. The van der Waals surface area contributed by atoms with E-state index in [-0.39, 0.29) is 5.97 Å². The van der Waals surface area contributed by atoms with Crippen molar-refractivity contribution in [2.24, 2.45) is 0 Å². The summed E-state index contributed by atoms with van der Waals surface area (Å²) < 4.78 is 6.06. The molecule has 0 atom stereocenters. The number of carbonyl (C=O) groups is 1. The van der Waals surface area contributed by atoms with Crippen LogP contribution in [0.15, 0.2) is 18.3 Å². The fourth-order valence-electron chi connectivity index (χ4n) is 1.18. The van der Waals surface area contributed by atoms with E-state index in [4.69, 9.17) is 4.74 Å². The Morgan fingerprint density at radius 2 is 2.13 bits per heavy atom. The summed E-state index contributed by atoms with van der Waals surface area (Å²) in [7, 11) is 0. The predicted octanol–water partition coefficient (Wildman–Crippen LogP) is 1.80. The van der Waals surface area contributed by atoms with Crippen molar-refractivity contribution in [2.45, 2.75) is 21.7 Å². The second-order valence-electron chi connectivity index (χ2n) is 4.40. The van der Waals surface area contributed by atoms with Crippen LogP contribution in [0.1, 0.15) is 17.3 Å². The van der Waals surface area contributed by atoms with Gasteiger partial charge in [0, 0.05) is 0 Å². The van der Waals surface area contributed by atoms with Crippen molar-refractivity contribution in [3.63, 3.8) is 0 Å². The van der Waals surface area contributed by atoms with Gasteiger partial charge in [0.25, 0.3) is 0 Å². The fourth-order valence-corrected chi connectivity index (χ4v) is 4.18. The number of hydrogen-bond acceptors (Lipinski definition) is 3. The number of nitrogens with zero attached hydrogens (tertiary/aromatic N) is 1. The van der Waals surface area contributed by atoms with Gasteiger partial charge in [-0.2, -0.15) is 0 Å². The van der Waals surface area contributed by atoms with E-state index < -0.39 is 18.4 Å². The summed E-state index contributed by atoms with van der Waals surface area (Å²) in [5.74, 6) is -0.253. The molecule has 0 radical (unpaired) electrons. The Morgan fingerprint density at radius 3 is 2.67 bits per heavy atom. The molecule has 1 rings (SSSR count). The molecule has 1 aromatic rings. The molecule has 3 nitrogen and oxygen atoms in total. The quantitative estimate of drug-likeness (QED) is 0.631. The van der Waals surface area contributed by atoms with Crippen molar-refractivity contribution >= 4 is 28.1 Å². The first-order valence-corrected chi connectivity index (χ1v) is 15.1. The molecule has 0 aliphatic rings. The second-order valence-corrected chi connectivity index (χ2v) is 18.7. The first kappa shape index (κ1) is 12.5. The van der Waals surface area contributed by atoms with Crippen LogP contribution in [-0.4, -0.2) is 35.9 Å². The van der Waals surface area contributed by atoms with E-state index in [0.717, 1.165) is 3.71 Å². The molecule has 1 heterocycles. The number of rotatable bonds is 3. The first-order chi connectivity index (χ1) is 6.95. The molecule has 0 N–H and O–H groups in total. The van der Waals surface area contributed by atoms with Crippen molar-refractivity contribution in [2.75, 3.05) is 6.61 Å². The first-order valence-electron chi connectivity index (χ1n) is 5.09. The van der Waals surface area contributed by atoms with E-state index in [1.54, 1.807) is 12.3 Å². The zero-order chi connectivity index (χ0) is 11.5. The number of hydrogen-bond donors (Lipinski definition) is 0. The maximum atomic E-state index is 11.5. The summed E-state index contributed by atoms with van der Waals surface area (Å²) >= 11 is -2.17. The molecule has 0 amide bonds. The van der Waals surface area contributed by atoms with Crippen LogP contribution in [0.25, 0.3) is 0 Å². The van der Waals surface area contributed by atoms with Gasteiger partial charge in [0.05, 0.1) is 0 Å². The summed E-state index contributed by atoms with van der Waals surface area (Å²) in [6.07, 6.45) is 1.70. The fraction of sp³-hybridized carbons (Fsp3) is 0.455. The molecule has 0 unspecified atom stereocenters. The number of ether oxygens (including phenoxy) is 1. The van der Waals surface area contributed by atoms with Crippen LogP contribution < -0.4 is 3.71 Å². The monoisotopic (exact) mass is 315 g/mol. The van der Waals surface area contributed by atoms with E-state index in [9.17, 15) is 4.79 Å². The molecule has 0 bridgehead atoms. The summed E-state index contributed by atoms with van der Waals surface area (Å²) in [5.41, 5.74) is 0.619. The van der Waals surface area contributed by atoms with Gasteiger partial charge in [0.15, 0.2) is 0 Å². The Labute approximate surface area is 94.7 Å². The third-order valence-corrected chi connectivity index (χ3v) is 7.21. The number of pyridine rings is 1. The maximum absolute atomic E-state index is 11.5. The average molecular weight is 314 g/mol. The van der Waals surface area contributed by atoms with E-state index in [1.165, 1.54) is 0 Å². The molecular weight excluding hydrogens is 297 g/mol. The zero-order valence-electron chi connectivity index (χ0n) is 9.70. The van der Waals surface area contributed by atoms with Gasteiger partial charge in [0.1, 0.15) is 0 Å². The Hall–Kier alpha value is -0.581. The molecule has 0 saturated carbocycles. The normalized spacial score (nSPS) is 11.2. The predicted molar refractivity (Wildman–Crippen MR) is 63.2 cm³/mol. The summed E-state index contributed by atoms with van der Waals surface area (Å²) in [6, 6.07) is 3.59. The van der Waals surface area contributed by atoms with Crippen LogP contribution in [0.4, 0.5) is 0 Å². The molecule has 0 fully saturated rings. The number of esters is 1. The van der Waals surface area contributed by atoms with Crippen molar-refractivity contribution in [1.29, 1.82) is 0 Å². The molecule has 1 aromatic heterocycles. The third-order valence-electron chi connectivity index (χ3n) is 2.04. The van der Waals surface area contributed by atoms with Crippen LogP contribution in [0.3, 0.4) is 0 Å². The van der Waals surface area contributed by atoms with Crippen molar-refractivity contribution in [3.05, 3.63) is 23.9 Å². The van der Waals surface area contributed by atoms with Gasteiger partial charge in [-0.05, 0) is 0 Å². The SMILES string of the molecule is CCOC(=O)c1ccn[c]([Sn]([CH3])([CH3])[CH3])c1. The van der Waals surface area contributed by atoms with Crippen LogP contribution in [0.2, 0.25) is 14.8 Å². The van der Waals surface area contributed by atoms with Gasteiger partial charge in [-0.1, -0.05) is 0 Å². The molecule has 0 aromatic carbocycles. The molecule has 0 spiro atoms. The van der Waals surface area contributed by atoms with Gasteiger partial charge in [-0.15, -0.1) is 0 Å². The topological polar surface area (TPSA) is 39.2 Å². The average Bonchev–Trinajstić information content (AvgIpc) is 2.17. The van der Waals surface area contributed by atoms with E-state index >= 15 is 0 Å². The summed E-state index contributed by atoms with van der Waals surface area (Å²) in [6.45, 7) is 2.22. The molecule has 4 heteroatoms. The van der Waals surface area contributed by atoms with Gasteiger partial charge < -0.3 is 0 Å². The van der Waals surface area contributed by atoms with Crippen molar-refractivity contribution in [3.8, 4) is 0 Å².